The highest BCUT2D eigenvalue weighted by molar-refractivity contribution is 8.00. The van der Waals surface area contributed by atoms with Crippen molar-refractivity contribution in [2.75, 3.05) is 14.2 Å². The highest BCUT2D eigenvalue weighted by Crippen LogP contribution is 2.27. The van der Waals surface area contributed by atoms with Crippen LogP contribution in [-0.4, -0.2) is 51.6 Å². The summed E-state index contributed by atoms with van der Waals surface area (Å²) in [5.41, 5.74) is 2.01. The number of thioether (sulfide) groups is 1. The number of aromatic nitrogens is 4. The van der Waals surface area contributed by atoms with Crippen molar-refractivity contribution in [3.8, 4) is 11.4 Å². The third-order valence-electron chi connectivity index (χ3n) is 4.25. The minimum Gasteiger partial charge on any atom is -0.494 e. The highest BCUT2D eigenvalue weighted by Gasteiger charge is 2.20. The van der Waals surface area contributed by atoms with E-state index in [-0.39, 0.29) is 5.91 Å². The van der Waals surface area contributed by atoms with Crippen LogP contribution in [0.25, 0.3) is 5.69 Å². The topological polar surface area (TPSA) is 108 Å². The Morgan fingerprint density at radius 3 is 2.57 bits per heavy atom. The van der Waals surface area contributed by atoms with Crippen molar-refractivity contribution in [2.24, 2.45) is 0 Å². The van der Waals surface area contributed by atoms with E-state index >= 15 is 0 Å². The molecular weight excluding hydrogens is 406 g/mol. The molecule has 3 aromatic rings. The van der Waals surface area contributed by atoms with Crippen LogP contribution in [0.3, 0.4) is 0 Å². The largest absolute Gasteiger partial charge is 0.494 e. The molecule has 30 heavy (non-hydrogen) atoms. The van der Waals surface area contributed by atoms with E-state index in [1.165, 1.54) is 18.9 Å². The highest BCUT2D eigenvalue weighted by atomic mass is 32.2. The molecule has 0 saturated heterocycles. The molecule has 9 nitrogen and oxygen atoms in total. The summed E-state index contributed by atoms with van der Waals surface area (Å²) >= 11 is 1.24. The van der Waals surface area contributed by atoms with Gasteiger partial charge in [0.1, 0.15) is 11.4 Å². The van der Waals surface area contributed by atoms with Gasteiger partial charge in [-0.05, 0) is 47.2 Å². The van der Waals surface area contributed by atoms with Gasteiger partial charge in [0.2, 0.25) is 11.1 Å². The molecule has 0 fully saturated rings. The molecule has 3 rings (SSSR count). The first-order chi connectivity index (χ1) is 14.5. The molecule has 0 spiro atoms. The molecule has 0 radical (unpaired) electrons. The molecule has 0 aliphatic rings. The summed E-state index contributed by atoms with van der Waals surface area (Å²) in [7, 11) is 2.91. The molecule has 1 aromatic heterocycles. The molecule has 1 atom stereocenters. The molecule has 1 amide bonds. The lowest BCUT2D eigenvalue weighted by molar-refractivity contribution is -0.120. The fourth-order valence-corrected chi connectivity index (χ4v) is 3.45. The van der Waals surface area contributed by atoms with Gasteiger partial charge in [0.15, 0.2) is 0 Å². The average Bonchev–Trinajstić information content (AvgIpc) is 3.24. The molecule has 156 valence electrons. The Hall–Kier alpha value is -3.40. The molecule has 0 saturated carbocycles. The van der Waals surface area contributed by atoms with Gasteiger partial charge >= 0.3 is 5.97 Å². The Labute approximate surface area is 177 Å². The fourth-order valence-electron chi connectivity index (χ4n) is 2.63. The maximum absolute atomic E-state index is 12.5. The number of nitrogens with one attached hydrogen (secondary N) is 1. The van der Waals surface area contributed by atoms with Gasteiger partial charge in [0.05, 0.1) is 25.0 Å². The first-order valence-electron chi connectivity index (χ1n) is 9.07. The maximum atomic E-state index is 12.5. The summed E-state index contributed by atoms with van der Waals surface area (Å²) in [6, 6.07) is 14.2. The second-order valence-electron chi connectivity index (χ2n) is 6.21. The number of carbonyl (C=O) groups is 2. The van der Waals surface area contributed by atoms with E-state index in [2.05, 4.69) is 25.6 Å². The van der Waals surface area contributed by atoms with E-state index in [0.717, 1.165) is 5.56 Å². The number of amides is 1. The number of carbonyl (C=O) groups excluding carboxylic acids is 2. The summed E-state index contributed by atoms with van der Waals surface area (Å²) in [5.74, 6) is 0.0640. The maximum Gasteiger partial charge on any atom is 0.337 e. The van der Waals surface area contributed by atoms with Crippen LogP contribution in [-0.2, 0) is 16.1 Å². The first-order valence-corrected chi connectivity index (χ1v) is 9.95. The van der Waals surface area contributed by atoms with E-state index in [0.29, 0.717) is 28.7 Å². The van der Waals surface area contributed by atoms with Gasteiger partial charge < -0.3 is 14.8 Å². The van der Waals surface area contributed by atoms with E-state index in [4.69, 9.17) is 4.74 Å². The van der Waals surface area contributed by atoms with Gasteiger partial charge in [-0.3, -0.25) is 4.79 Å². The monoisotopic (exact) mass is 427 g/mol. The Bertz CT molecular complexity index is 1020. The molecular formula is C20H21N5O4S. The minimum absolute atomic E-state index is 0.161. The Balaban J connectivity index is 1.62. The van der Waals surface area contributed by atoms with E-state index in [1.54, 1.807) is 43.0 Å². The number of tetrazole rings is 1. The first kappa shape index (κ1) is 21.3. The van der Waals surface area contributed by atoms with Crippen LogP contribution in [0.5, 0.6) is 5.75 Å². The number of hydrogen-bond acceptors (Lipinski definition) is 8. The third-order valence-corrected chi connectivity index (χ3v) is 5.28. The lowest BCUT2D eigenvalue weighted by atomic mass is 10.1. The van der Waals surface area contributed by atoms with Crippen LogP contribution in [0.2, 0.25) is 0 Å². The van der Waals surface area contributed by atoms with Crippen molar-refractivity contribution in [3.63, 3.8) is 0 Å². The number of nitrogens with zero attached hydrogens (tertiary/aromatic N) is 4. The lowest BCUT2D eigenvalue weighted by Gasteiger charge is -2.13. The summed E-state index contributed by atoms with van der Waals surface area (Å²) in [5, 5.41) is 14.7. The smallest absolute Gasteiger partial charge is 0.337 e. The van der Waals surface area contributed by atoms with E-state index in [9.17, 15) is 9.59 Å². The molecule has 0 aliphatic heterocycles. The number of para-hydroxylation sites is 2. The summed E-state index contributed by atoms with van der Waals surface area (Å²) in [6.07, 6.45) is 0. The number of rotatable bonds is 8. The summed E-state index contributed by atoms with van der Waals surface area (Å²) < 4.78 is 11.6. The third kappa shape index (κ3) is 4.95. The Morgan fingerprint density at radius 1 is 1.13 bits per heavy atom. The van der Waals surface area contributed by atoms with Crippen molar-refractivity contribution < 1.29 is 19.1 Å². The summed E-state index contributed by atoms with van der Waals surface area (Å²) in [6.45, 7) is 2.12. The van der Waals surface area contributed by atoms with Crippen molar-refractivity contribution in [3.05, 3.63) is 59.7 Å². The second-order valence-corrected chi connectivity index (χ2v) is 7.52. The standard InChI is InChI=1S/C20H21N5O4S/c1-13(18(26)21-12-14-8-10-15(11-9-14)19(27)29-3)30-20-22-23-24-25(20)16-6-4-5-7-17(16)28-2/h4-11,13H,12H2,1-3H3,(H,21,26). The van der Waals surface area contributed by atoms with Crippen LogP contribution in [0.1, 0.15) is 22.8 Å². The molecule has 10 heteroatoms. The van der Waals surface area contributed by atoms with Crippen molar-refractivity contribution in [1.29, 1.82) is 0 Å². The molecule has 0 aliphatic carbocycles. The van der Waals surface area contributed by atoms with Crippen molar-refractivity contribution in [1.82, 2.24) is 25.5 Å². The lowest BCUT2D eigenvalue weighted by Crippen LogP contribution is -2.30. The van der Waals surface area contributed by atoms with E-state index < -0.39 is 11.2 Å². The van der Waals surface area contributed by atoms with Gasteiger partial charge in [-0.15, -0.1) is 5.10 Å². The summed E-state index contributed by atoms with van der Waals surface area (Å²) in [4.78, 5) is 24.0. The fraction of sp³-hybridized carbons (Fsp3) is 0.250. The van der Waals surface area contributed by atoms with Crippen molar-refractivity contribution in [2.45, 2.75) is 23.9 Å². The molecule has 1 unspecified atom stereocenters. The Kier molecular flexibility index (Phi) is 7.02. The predicted octanol–water partition coefficient (Wildman–Crippen LogP) is 2.25. The SMILES string of the molecule is COC(=O)c1ccc(CNC(=O)C(C)Sc2nnnn2-c2ccccc2OC)cc1. The number of ether oxygens (including phenoxy) is 2. The van der Waals surface area contributed by atoms with Crippen LogP contribution >= 0.6 is 11.8 Å². The van der Waals surface area contributed by atoms with Gasteiger partial charge in [0, 0.05) is 6.54 Å². The quantitative estimate of drug-likeness (QED) is 0.431. The number of methoxy groups -OCH3 is 2. The van der Waals surface area contributed by atoms with Crippen LogP contribution < -0.4 is 10.1 Å². The predicted molar refractivity (Wildman–Crippen MR) is 111 cm³/mol. The molecule has 0 bridgehead atoms. The zero-order valence-electron chi connectivity index (χ0n) is 16.7. The van der Waals surface area contributed by atoms with Gasteiger partial charge in [-0.1, -0.05) is 36.0 Å². The van der Waals surface area contributed by atoms with Crippen LogP contribution in [0.4, 0.5) is 0 Å². The number of esters is 1. The second kappa shape index (κ2) is 9.88. The Morgan fingerprint density at radius 2 is 1.87 bits per heavy atom. The number of benzene rings is 2. The van der Waals surface area contributed by atoms with Gasteiger partial charge in [-0.25, -0.2) is 4.79 Å². The minimum atomic E-state index is -0.432. The van der Waals surface area contributed by atoms with Crippen LogP contribution in [0, 0.1) is 0 Å². The average molecular weight is 427 g/mol. The van der Waals surface area contributed by atoms with Gasteiger partial charge in [-0.2, -0.15) is 4.68 Å². The molecule has 1 N–H and O–H groups in total. The zero-order valence-corrected chi connectivity index (χ0v) is 17.5. The zero-order chi connectivity index (χ0) is 21.5. The van der Waals surface area contributed by atoms with E-state index in [1.807, 2.05) is 24.3 Å². The number of hydrogen-bond donors (Lipinski definition) is 1. The van der Waals surface area contributed by atoms with Gasteiger partial charge in [0.25, 0.3) is 0 Å². The van der Waals surface area contributed by atoms with Crippen molar-refractivity contribution >= 4 is 23.6 Å². The molecule has 1 heterocycles. The molecule has 2 aromatic carbocycles. The van der Waals surface area contributed by atoms with Crippen LogP contribution in [0.15, 0.2) is 53.7 Å². The normalized spacial score (nSPS) is 11.6.